The maximum Gasteiger partial charge on any atom is 0.494 e. The van der Waals surface area contributed by atoms with Crippen molar-refractivity contribution in [1.29, 1.82) is 0 Å². The van der Waals surface area contributed by atoms with Gasteiger partial charge in [-0.15, -0.1) is 0 Å². The average Bonchev–Trinajstić information content (AvgIpc) is 2.65. The lowest BCUT2D eigenvalue weighted by Crippen LogP contribution is -2.41. The second-order valence-electron chi connectivity index (χ2n) is 7.28. The van der Waals surface area contributed by atoms with Crippen molar-refractivity contribution in [2.45, 2.75) is 51.9 Å². The molecule has 0 N–H and O–H groups in total. The summed E-state index contributed by atoms with van der Waals surface area (Å²) in [5.74, 6) is 0.848. The molecule has 0 spiro atoms. The van der Waals surface area contributed by atoms with Gasteiger partial charge >= 0.3 is 7.12 Å². The highest BCUT2D eigenvalue weighted by Crippen LogP contribution is 2.36. The number of hydrogen-bond donors (Lipinski definition) is 0. The molecule has 0 saturated carbocycles. The summed E-state index contributed by atoms with van der Waals surface area (Å²) in [5.41, 5.74) is 0.343. The van der Waals surface area contributed by atoms with E-state index in [1.807, 2.05) is 24.3 Å². The van der Waals surface area contributed by atoms with E-state index in [1.165, 1.54) is 0 Å². The number of ether oxygens (including phenoxy) is 1. The van der Waals surface area contributed by atoms with Crippen LogP contribution in [0.3, 0.4) is 0 Å². The van der Waals surface area contributed by atoms with E-state index in [-0.39, 0.29) is 18.3 Å². The van der Waals surface area contributed by atoms with Crippen LogP contribution in [0.25, 0.3) is 0 Å². The van der Waals surface area contributed by atoms with Gasteiger partial charge in [-0.25, -0.2) is 0 Å². The van der Waals surface area contributed by atoms with Crippen LogP contribution in [0.4, 0.5) is 0 Å². The lowest BCUT2D eigenvalue weighted by molar-refractivity contribution is 0.00578. The summed E-state index contributed by atoms with van der Waals surface area (Å²) in [6.07, 6.45) is 0. The van der Waals surface area contributed by atoms with Gasteiger partial charge in [-0.3, -0.25) is 0 Å². The van der Waals surface area contributed by atoms with Crippen LogP contribution >= 0.6 is 0 Å². The molecule has 0 aromatic heterocycles. The Morgan fingerprint density at radius 1 is 1.14 bits per heavy atom. The molecule has 0 radical (unpaired) electrons. The van der Waals surface area contributed by atoms with Gasteiger partial charge in [-0.2, -0.15) is 0 Å². The van der Waals surface area contributed by atoms with Gasteiger partial charge in [0.15, 0.2) is 0 Å². The fourth-order valence-electron chi connectivity index (χ4n) is 2.10. The number of likely N-dealkylation sites (N-methyl/N-ethyl adjacent to an activating group) is 1. The average molecular weight is 305 g/mol. The topological polar surface area (TPSA) is 30.9 Å². The van der Waals surface area contributed by atoms with E-state index in [1.54, 1.807) is 0 Å². The van der Waals surface area contributed by atoms with E-state index in [9.17, 15) is 0 Å². The third kappa shape index (κ3) is 3.65. The summed E-state index contributed by atoms with van der Waals surface area (Å²) < 4.78 is 18.0. The van der Waals surface area contributed by atoms with Gasteiger partial charge in [-0.05, 0) is 66.3 Å². The minimum Gasteiger partial charge on any atom is -0.492 e. The molecule has 2 rings (SSSR count). The number of rotatable bonds is 5. The van der Waals surface area contributed by atoms with Gasteiger partial charge in [0.25, 0.3) is 0 Å². The Morgan fingerprint density at radius 3 is 2.27 bits per heavy atom. The molecular formula is C17H28BNO3. The fraction of sp³-hybridized carbons (Fsp3) is 0.647. The highest BCUT2D eigenvalue weighted by atomic mass is 16.7. The molecule has 0 aliphatic carbocycles. The van der Waals surface area contributed by atoms with Crippen molar-refractivity contribution < 1.29 is 14.0 Å². The molecule has 0 bridgehead atoms. The fourth-order valence-corrected chi connectivity index (χ4v) is 2.10. The Hall–Kier alpha value is -1.04. The number of hydrogen-bond acceptors (Lipinski definition) is 4. The molecule has 0 unspecified atom stereocenters. The van der Waals surface area contributed by atoms with Crippen LogP contribution in [0, 0.1) is 0 Å². The van der Waals surface area contributed by atoms with Gasteiger partial charge in [-0.1, -0.05) is 12.1 Å². The summed E-state index contributed by atoms with van der Waals surface area (Å²) >= 11 is 0. The maximum atomic E-state index is 6.08. The van der Waals surface area contributed by atoms with Crippen LogP contribution in [0.1, 0.15) is 34.6 Å². The summed E-state index contributed by atoms with van der Waals surface area (Å²) in [5, 5.41) is 0. The van der Waals surface area contributed by atoms with Crippen LogP contribution < -0.4 is 10.2 Å². The molecule has 1 aliphatic heterocycles. The molecule has 22 heavy (non-hydrogen) atoms. The first-order chi connectivity index (χ1) is 10.1. The second kappa shape index (κ2) is 6.22. The van der Waals surface area contributed by atoms with E-state index in [0.717, 1.165) is 11.2 Å². The predicted molar refractivity (Wildman–Crippen MR) is 90.8 cm³/mol. The lowest BCUT2D eigenvalue weighted by Gasteiger charge is -2.32. The van der Waals surface area contributed by atoms with Crippen molar-refractivity contribution in [2.24, 2.45) is 0 Å². The standard InChI is InChI=1S/C17H28BNO3/c1-13(19(6)7)12-20-15-10-8-9-14(11-15)18-21-16(2,3)17(4,5)22-18/h8-11,13H,12H2,1-7H3/t13-/m1/s1. The van der Waals surface area contributed by atoms with Crippen LogP contribution in [0.15, 0.2) is 24.3 Å². The highest BCUT2D eigenvalue weighted by Gasteiger charge is 2.51. The Labute approximate surface area is 134 Å². The molecule has 1 heterocycles. The Morgan fingerprint density at radius 2 is 1.73 bits per heavy atom. The van der Waals surface area contributed by atoms with Crippen LogP contribution in [-0.4, -0.2) is 50.0 Å². The largest absolute Gasteiger partial charge is 0.494 e. The van der Waals surface area contributed by atoms with Crippen LogP contribution in [0.5, 0.6) is 5.75 Å². The summed E-state index contributed by atoms with van der Waals surface area (Å²) in [6.45, 7) is 11.0. The van der Waals surface area contributed by atoms with Gasteiger partial charge in [0.1, 0.15) is 12.4 Å². The minimum atomic E-state index is -0.347. The summed E-state index contributed by atoms with van der Waals surface area (Å²) in [7, 11) is 3.75. The first-order valence-electron chi connectivity index (χ1n) is 7.87. The quantitative estimate of drug-likeness (QED) is 0.781. The number of benzene rings is 1. The Balaban J connectivity index is 2.07. The zero-order chi connectivity index (χ0) is 16.5. The normalized spacial score (nSPS) is 21.2. The van der Waals surface area contributed by atoms with Crippen molar-refractivity contribution in [3.8, 4) is 5.75 Å². The Kier molecular flexibility index (Phi) is 4.90. The molecule has 1 fully saturated rings. The smallest absolute Gasteiger partial charge is 0.492 e. The van der Waals surface area contributed by atoms with E-state index >= 15 is 0 Å². The van der Waals surface area contributed by atoms with Gasteiger partial charge < -0.3 is 18.9 Å². The predicted octanol–water partition coefficient (Wildman–Crippen LogP) is 2.31. The van der Waals surface area contributed by atoms with Crippen molar-refractivity contribution >= 4 is 12.6 Å². The van der Waals surface area contributed by atoms with Gasteiger partial charge in [0.05, 0.1) is 11.2 Å². The van der Waals surface area contributed by atoms with Gasteiger partial charge in [0.2, 0.25) is 0 Å². The van der Waals surface area contributed by atoms with E-state index < -0.39 is 0 Å². The molecule has 5 heteroatoms. The first kappa shape index (κ1) is 17.3. The third-order valence-electron chi connectivity index (χ3n) is 4.76. The van der Waals surface area contributed by atoms with Crippen molar-refractivity contribution in [3.05, 3.63) is 24.3 Å². The van der Waals surface area contributed by atoms with E-state index in [4.69, 9.17) is 14.0 Å². The lowest BCUT2D eigenvalue weighted by atomic mass is 9.79. The second-order valence-corrected chi connectivity index (χ2v) is 7.28. The van der Waals surface area contributed by atoms with Crippen LogP contribution in [-0.2, 0) is 9.31 Å². The molecule has 1 atom stereocenters. The molecule has 1 saturated heterocycles. The number of nitrogens with zero attached hydrogens (tertiary/aromatic N) is 1. The molecule has 1 aromatic rings. The highest BCUT2D eigenvalue weighted by molar-refractivity contribution is 6.62. The monoisotopic (exact) mass is 305 g/mol. The maximum absolute atomic E-state index is 6.08. The van der Waals surface area contributed by atoms with Crippen LogP contribution in [0.2, 0.25) is 0 Å². The molecule has 122 valence electrons. The van der Waals surface area contributed by atoms with E-state index in [0.29, 0.717) is 12.6 Å². The molecule has 1 aromatic carbocycles. The molecule has 0 amide bonds. The zero-order valence-electron chi connectivity index (χ0n) is 14.8. The van der Waals surface area contributed by atoms with E-state index in [2.05, 4.69) is 53.6 Å². The van der Waals surface area contributed by atoms with Crippen molar-refractivity contribution in [2.75, 3.05) is 20.7 Å². The van der Waals surface area contributed by atoms with Gasteiger partial charge in [0, 0.05) is 6.04 Å². The molecule has 1 aliphatic rings. The zero-order valence-corrected chi connectivity index (χ0v) is 14.8. The van der Waals surface area contributed by atoms with Crippen molar-refractivity contribution in [3.63, 3.8) is 0 Å². The third-order valence-corrected chi connectivity index (χ3v) is 4.76. The summed E-state index contributed by atoms with van der Waals surface area (Å²) in [4.78, 5) is 2.14. The molecular weight excluding hydrogens is 277 g/mol. The SMILES string of the molecule is C[C@H](COc1cccc(B2OC(C)(C)C(C)(C)O2)c1)N(C)C. The Bertz CT molecular complexity index is 500. The minimum absolute atomic E-state index is 0.325. The summed E-state index contributed by atoms with van der Waals surface area (Å²) in [6, 6.07) is 8.34. The molecule has 4 nitrogen and oxygen atoms in total. The first-order valence-corrected chi connectivity index (χ1v) is 7.87. The van der Waals surface area contributed by atoms with Crippen molar-refractivity contribution in [1.82, 2.24) is 4.90 Å².